The summed E-state index contributed by atoms with van der Waals surface area (Å²) >= 11 is 0. The molecule has 0 unspecified atom stereocenters. The van der Waals surface area contributed by atoms with E-state index in [4.69, 9.17) is 14.2 Å². The van der Waals surface area contributed by atoms with Gasteiger partial charge in [-0.15, -0.1) is 5.10 Å². The number of hydrogen-bond donors (Lipinski definition) is 0. The van der Waals surface area contributed by atoms with Crippen LogP contribution in [0.3, 0.4) is 0 Å². The van der Waals surface area contributed by atoms with Gasteiger partial charge in [0.05, 0.1) is 43.2 Å². The van der Waals surface area contributed by atoms with Crippen molar-refractivity contribution in [3.8, 4) is 17.2 Å². The van der Waals surface area contributed by atoms with E-state index in [1.807, 2.05) is 18.2 Å². The maximum absolute atomic E-state index is 14.1. The minimum atomic E-state index is -4.66. The summed E-state index contributed by atoms with van der Waals surface area (Å²) in [5.74, 6) is -0.296. The Morgan fingerprint density at radius 2 is 1.87 bits per heavy atom. The van der Waals surface area contributed by atoms with Crippen LogP contribution in [0.15, 0.2) is 48.7 Å². The van der Waals surface area contributed by atoms with E-state index in [0.717, 1.165) is 12.1 Å². The van der Waals surface area contributed by atoms with Gasteiger partial charge < -0.3 is 24.0 Å². The van der Waals surface area contributed by atoms with Crippen molar-refractivity contribution in [2.75, 3.05) is 39.9 Å². The number of fused-ring (bicyclic) bond motifs is 3. The summed E-state index contributed by atoms with van der Waals surface area (Å²) < 4.78 is 60.2. The van der Waals surface area contributed by atoms with Crippen LogP contribution < -0.4 is 9.47 Å². The Morgan fingerprint density at radius 3 is 2.62 bits per heavy atom. The van der Waals surface area contributed by atoms with Gasteiger partial charge >= 0.3 is 6.18 Å². The fourth-order valence-electron chi connectivity index (χ4n) is 6.19. The summed E-state index contributed by atoms with van der Waals surface area (Å²) in [5.41, 5.74) is 0.0188. The minimum Gasteiger partial charge on any atom is -0.494 e. The minimum absolute atomic E-state index is 0.0161. The average Bonchev–Trinajstić information content (AvgIpc) is 3.68. The van der Waals surface area contributed by atoms with E-state index in [1.54, 1.807) is 29.0 Å². The van der Waals surface area contributed by atoms with Crippen LogP contribution in [0.2, 0.25) is 0 Å². The van der Waals surface area contributed by atoms with Crippen LogP contribution in [0.25, 0.3) is 5.69 Å². The largest absolute Gasteiger partial charge is 0.494 e. The Kier molecular flexibility index (Phi) is 8.44. The van der Waals surface area contributed by atoms with Crippen molar-refractivity contribution in [3.63, 3.8) is 0 Å². The van der Waals surface area contributed by atoms with Gasteiger partial charge in [-0.1, -0.05) is 17.3 Å². The summed E-state index contributed by atoms with van der Waals surface area (Å²) in [6.07, 6.45) is -3.33. The Hall–Kier alpha value is -4.17. The lowest BCUT2D eigenvalue weighted by Gasteiger charge is -2.44. The summed E-state index contributed by atoms with van der Waals surface area (Å²) in [7, 11) is 1.56. The van der Waals surface area contributed by atoms with Gasteiger partial charge in [-0.3, -0.25) is 14.5 Å². The van der Waals surface area contributed by atoms with Crippen LogP contribution in [0.5, 0.6) is 11.5 Å². The highest BCUT2D eigenvalue weighted by Crippen LogP contribution is 2.36. The number of methoxy groups -OCH3 is 1. The first kappa shape index (κ1) is 30.8. The van der Waals surface area contributed by atoms with Crippen molar-refractivity contribution < 1.29 is 37.0 Å². The van der Waals surface area contributed by atoms with E-state index >= 15 is 0 Å². The molecule has 3 aromatic rings. The molecule has 45 heavy (non-hydrogen) atoms. The van der Waals surface area contributed by atoms with Crippen LogP contribution in [0.4, 0.5) is 13.2 Å². The zero-order valence-corrected chi connectivity index (χ0v) is 25.2. The standard InChI is InChI=1S/C31H35F3N6O5/c1-19(2)37-10-11-38-22(15-37)18-45-27-9-8-20(31(32,33)34)12-24(27)29(41)39-16-23(13-26(39)30(38)42)44-17-21-14-40(36-35-21)25-6-4-5-7-28(25)43-3/h4-9,12,14,19,22-23,26H,10-11,13,15-18H2,1-3H3/t22-,23+,26-/m0/s1. The van der Waals surface area contributed by atoms with Gasteiger partial charge in [-0.2, -0.15) is 13.2 Å². The Bertz CT molecular complexity index is 1560. The Labute approximate surface area is 258 Å². The van der Waals surface area contributed by atoms with E-state index in [1.165, 1.54) is 11.0 Å². The van der Waals surface area contributed by atoms with Gasteiger partial charge in [-0.05, 0) is 44.2 Å². The molecule has 0 radical (unpaired) electrons. The number of alkyl halides is 3. The average molecular weight is 629 g/mol. The number of amides is 2. The first-order valence-electron chi connectivity index (χ1n) is 14.9. The van der Waals surface area contributed by atoms with Gasteiger partial charge in [0.25, 0.3) is 5.91 Å². The number of benzene rings is 2. The molecule has 3 aliphatic heterocycles. The molecular weight excluding hydrogens is 593 g/mol. The molecule has 6 rings (SSSR count). The van der Waals surface area contributed by atoms with Gasteiger partial charge in [0, 0.05) is 38.6 Å². The third-order valence-electron chi connectivity index (χ3n) is 8.64. The first-order valence-corrected chi connectivity index (χ1v) is 14.9. The van der Waals surface area contributed by atoms with E-state index in [-0.39, 0.29) is 55.5 Å². The third-order valence-corrected chi connectivity index (χ3v) is 8.64. The van der Waals surface area contributed by atoms with Gasteiger partial charge in [-0.25, -0.2) is 4.68 Å². The molecule has 3 atom stereocenters. The number of halogens is 3. The lowest BCUT2D eigenvalue weighted by atomic mass is 10.0. The van der Waals surface area contributed by atoms with E-state index in [9.17, 15) is 22.8 Å². The molecule has 2 amide bonds. The Balaban J connectivity index is 1.27. The van der Waals surface area contributed by atoms with Crippen molar-refractivity contribution in [1.29, 1.82) is 0 Å². The van der Waals surface area contributed by atoms with Crippen LogP contribution in [-0.2, 0) is 22.3 Å². The monoisotopic (exact) mass is 628 g/mol. The van der Waals surface area contributed by atoms with Crippen molar-refractivity contribution in [2.24, 2.45) is 0 Å². The van der Waals surface area contributed by atoms with Gasteiger partial charge in [0.15, 0.2) is 0 Å². The number of hydrogen-bond acceptors (Lipinski definition) is 8. The van der Waals surface area contributed by atoms with Crippen LogP contribution in [-0.4, -0.2) is 106 Å². The fraction of sp³-hybridized carbons (Fsp3) is 0.484. The van der Waals surface area contributed by atoms with E-state index < -0.39 is 29.8 Å². The zero-order chi connectivity index (χ0) is 31.9. The number of nitrogens with zero attached hydrogens (tertiary/aromatic N) is 6. The first-order chi connectivity index (χ1) is 21.5. The second kappa shape index (κ2) is 12.3. The predicted molar refractivity (Wildman–Crippen MR) is 155 cm³/mol. The fourth-order valence-corrected chi connectivity index (χ4v) is 6.19. The molecule has 0 saturated carbocycles. The molecule has 2 fully saturated rings. The van der Waals surface area contributed by atoms with E-state index in [2.05, 4.69) is 29.1 Å². The second-order valence-corrected chi connectivity index (χ2v) is 11.8. The predicted octanol–water partition coefficient (Wildman–Crippen LogP) is 3.41. The molecule has 4 heterocycles. The highest BCUT2D eigenvalue weighted by atomic mass is 19.4. The third kappa shape index (κ3) is 6.21. The molecule has 0 N–H and O–H groups in total. The van der Waals surface area contributed by atoms with Gasteiger partial charge in [0.2, 0.25) is 5.91 Å². The normalized spacial score (nSPS) is 22.6. The number of para-hydroxylation sites is 2. The highest BCUT2D eigenvalue weighted by molar-refractivity contribution is 6.00. The maximum atomic E-state index is 14.1. The van der Waals surface area contributed by atoms with Crippen molar-refractivity contribution in [2.45, 2.75) is 57.3 Å². The maximum Gasteiger partial charge on any atom is 0.416 e. The quantitative estimate of drug-likeness (QED) is 0.410. The molecule has 14 heteroatoms. The summed E-state index contributed by atoms with van der Waals surface area (Å²) in [6.45, 7) is 5.91. The zero-order valence-electron chi connectivity index (χ0n) is 25.2. The SMILES string of the molecule is COc1ccccc1-n1cc(CO[C@@H]2C[C@H]3C(=O)N4CCN(C(C)C)C[C@H]4COc4ccc(C(F)(F)F)cc4C(=O)N3C2)nn1. The molecular formula is C31H35F3N6O5. The van der Waals surface area contributed by atoms with Crippen LogP contribution >= 0.6 is 0 Å². The Morgan fingerprint density at radius 1 is 1.07 bits per heavy atom. The lowest BCUT2D eigenvalue weighted by Crippen LogP contribution is -2.62. The van der Waals surface area contributed by atoms with Crippen molar-refractivity contribution in [3.05, 3.63) is 65.5 Å². The molecule has 3 aliphatic rings. The topological polar surface area (TPSA) is 102 Å². The molecule has 2 saturated heterocycles. The number of rotatable bonds is 6. The molecule has 0 bridgehead atoms. The molecule has 1 aromatic heterocycles. The molecule has 240 valence electrons. The second-order valence-electron chi connectivity index (χ2n) is 11.8. The summed E-state index contributed by atoms with van der Waals surface area (Å²) in [5, 5.41) is 8.36. The molecule has 2 aromatic carbocycles. The summed E-state index contributed by atoms with van der Waals surface area (Å²) in [6, 6.07) is 9.24. The van der Waals surface area contributed by atoms with Crippen LogP contribution in [0, 0.1) is 0 Å². The smallest absolute Gasteiger partial charge is 0.416 e. The number of carbonyl (C=O) groups is 2. The van der Waals surface area contributed by atoms with Crippen molar-refractivity contribution in [1.82, 2.24) is 29.7 Å². The highest BCUT2D eigenvalue weighted by Gasteiger charge is 2.46. The lowest BCUT2D eigenvalue weighted by molar-refractivity contribution is -0.142. The summed E-state index contributed by atoms with van der Waals surface area (Å²) in [4.78, 5) is 33.3. The number of carbonyl (C=O) groups excluding carboxylic acids is 2. The number of piperazine rings is 1. The van der Waals surface area contributed by atoms with Crippen LogP contribution in [0.1, 0.15) is 41.9 Å². The number of ether oxygens (including phenoxy) is 3. The molecule has 0 spiro atoms. The molecule has 11 nitrogen and oxygen atoms in total. The van der Waals surface area contributed by atoms with Crippen molar-refractivity contribution >= 4 is 11.8 Å². The van der Waals surface area contributed by atoms with E-state index in [0.29, 0.717) is 36.8 Å². The molecule has 0 aliphatic carbocycles. The number of aromatic nitrogens is 3. The van der Waals surface area contributed by atoms with Gasteiger partial charge in [0.1, 0.15) is 35.5 Å².